The van der Waals surface area contributed by atoms with Gasteiger partial charge in [0.25, 0.3) is 0 Å². The number of rotatable bonds is 4. The second-order valence-electron chi connectivity index (χ2n) is 5.55. The summed E-state index contributed by atoms with van der Waals surface area (Å²) in [4.78, 5) is 11.7. The molecule has 1 aromatic heterocycles. The predicted octanol–water partition coefficient (Wildman–Crippen LogP) is 2.34. The molecule has 0 unspecified atom stereocenters. The molecular weight excluding hydrogens is 296 g/mol. The van der Waals surface area contributed by atoms with Gasteiger partial charge in [0.15, 0.2) is 23.1 Å². The first-order valence-corrected chi connectivity index (χ1v) is 7.59. The highest BCUT2D eigenvalue weighted by molar-refractivity contribution is 5.93. The largest absolute Gasteiger partial charge is 0.486 e. The standard InChI is InChI=1S/C16H16N4O3/c21-16(10-1-2-10)18-15-6-5-14(19-20-15)17-11-3-4-12-13(9-11)23-8-7-22-12/h3-6,9-10H,1-2,7-8H2,(H,17,19)(H,18,20,21). The second-order valence-corrected chi connectivity index (χ2v) is 5.55. The van der Waals surface area contributed by atoms with Crippen LogP contribution >= 0.6 is 0 Å². The third kappa shape index (κ3) is 3.18. The van der Waals surface area contributed by atoms with E-state index in [1.807, 2.05) is 18.2 Å². The highest BCUT2D eigenvalue weighted by atomic mass is 16.6. The molecule has 1 fully saturated rings. The van der Waals surface area contributed by atoms with Crippen LogP contribution in [0.3, 0.4) is 0 Å². The van der Waals surface area contributed by atoms with Crippen LogP contribution in [0, 0.1) is 5.92 Å². The van der Waals surface area contributed by atoms with Gasteiger partial charge in [0.05, 0.1) is 0 Å². The molecule has 0 saturated heterocycles. The van der Waals surface area contributed by atoms with Gasteiger partial charge in [-0.1, -0.05) is 0 Å². The summed E-state index contributed by atoms with van der Waals surface area (Å²) in [6.45, 7) is 1.12. The maximum absolute atomic E-state index is 11.7. The van der Waals surface area contributed by atoms with Crippen LogP contribution in [0.5, 0.6) is 11.5 Å². The zero-order chi connectivity index (χ0) is 15.6. The zero-order valence-electron chi connectivity index (χ0n) is 12.4. The van der Waals surface area contributed by atoms with E-state index in [-0.39, 0.29) is 11.8 Å². The third-order valence-electron chi connectivity index (χ3n) is 3.68. The molecule has 1 amide bonds. The highest BCUT2D eigenvalue weighted by Gasteiger charge is 2.29. The normalized spacial score (nSPS) is 15.8. The van der Waals surface area contributed by atoms with Crippen LogP contribution in [-0.4, -0.2) is 29.3 Å². The van der Waals surface area contributed by atoms with Gasteiger partial charge in [0.1, 0.15) is 13.2 Å². The van der Waals surface area contributed by atoms with Crippen molar-refractivity contribution in [3.05, 3.63) is 30.3 Å². The second kappa shape index (κ2) is 5.75. The number of carbonyl (C=O) groups excluding carboxylic acids is 1. The van der Waals surface area contributed by atoms with E-state index in [9.17, 15) is 4.79 Å². The summed E-state index contributed by atoms with van der Waals surface area (Å²) in [5.74, 6) is 2.67. The molecule has 4 rings (SSSR count). The van der Waals surface area contributed by atoms with E-state index in [0.29, 0.717) is 30.6 Å². The van der Waals surface area contributed by atoms with Crippen molar-refractivity contribution in [2.24, 2.45) is 5.92 Å². The van der Waals surface area contributed by atoms with Crippen molar-refractivity contribution in [1.29, 1.82) is 0 Å². The molecule has 0 radical (unpaired) electrons. The first-order chi connectivity index (χ1) is 11.3. The topological polar surface area (TPSA) is 85.4 Å². The number of nitrogens with one attached hydrogen (secondary N) is 2. The molecular formula is C16H16N4O3. The first kappa shape index (κ1) is 13.8. The lowest BCUT2D eigenvalue weighted by molar-refractivity contribution is -0.117. The number of hydrogen-bond donors (Lipinski definition) is 2. The van der Waals surface area contributed by atoms with E-state index in [2.05, 4.69) is 20.8 Å². The Balaban J connectivity index is 1.43. The summed E-state index contributed by atoms with van der Waals surface area (Å²) < 4.78 is 11.0. The summed E-state index contributed by atoms with van der Waals surface area (Å²) in [6.07, 6.45) is 1.92. The van der Waals surface area contributed by atoms with Crippen LogP contribution in [0.15, 0.2) is 30.3 Å². The smallest absolute Gasteiger partial charge is 0.228 e. The van der Waals surface area contributed by atoms with Gasteiger partial charge in [-0.05, 0) is 37.1 Å². The van der Waals surface area contributed by atoms with Crippen LogP contribution < -0.4 is 20.1 Å². The molecule has 2 aliphatic rings. The predicted molar refractivity (Wildman–Crippen MR) is 84.1 cm³/mol. The number of amides is 1. The Hall–Kier alpha value is -2.83. The maximum atomic E-state index is 11.7. The number of benzene rings is 1. The number of hydrogen-bond acceptors (Lipinski definition) is 6. The van der Waals surface area contributed by atoms with Gasteiger partial charge >= 0.3 is 0 Å². The zero-order valence-corrected chi connectivity index (χ0v) is 12.4. The van der Waals surface area contributed by atoms with Gasteiger partial charge in [-0.15, -0.1) is 10.2 Å². The SMILES string of the molecule is O=C(Nc1ccc(Nc2ccc3c(c2)OCCO3)nn1)C1CC1. The fourth-order valence-electron chi connectivity index (χ4n) is 2.31. The summed E-state index contributed by atoms with van der Waals surface area (Å²) in [7, 11) is 0. The van der Waals surface area contributed by atoms with E-state index in [0.717, 1.165) is 24.3 Å². The lowest BCUT2D eigenvalue weighted by atomic mass is 10.2. The van der Waals surface area contributed by atoms with Crippen molar-refractivity contribution in [2.75, 3.05) is 23.8 Å². The average Bonchev–Trinajstić information content (AvgIpc) is 3.42. The number of ether oxygens (including phenoxy) is 2. The Morgan fingerprint density at radius 2 is 1.74 bits per heavy atom. The summed E-state index contributed by atoms with van der Waals surface area (Å²) in [5.41, 5.74) is 0.832. The van der Waals surface area contributed by atoms with Gasteiger partial charge in [0, 0.05) is 17.7 Å². The Bertz CT molecular complexity index is 729. The lowest BCUT2D eigenvalue weighted by Gasteiger charge is -2.19. The monoisotopic (exact) mass is 312 g/mol. The van der Waals surface area contributed by atoms with Crippen molar-refractivity contribution in [2.45, 2.75) is 12.8 Å². The van der Waals surface area contributed by atoms with Crippen molar-refractivity contribution in [1.82, 2.24) is 10.2 Å². The highest BCUT2D eigenvalue weighted by Crippen LogP contribution is 2.33. The quantitative estimate of drug-likeness (QED) is 0.901. The molecule has 0 bridgehead atoms. The first-order valence-electron chi connectivity index (χ1n) is 7.59. The van der Waals surface area contributed by atoms with Gasteiger partial charge in [-0.2, -0.15) is 0 Å². The summed E-state index contributed by atoms with van der Waals surface area (Å²) in [5, 5.41) is 14.0. The number of nitrogens with zero attached hydrogens (tertiary/aromatic N) is 2. The molecule has 1 aliphatic carbocycles. The van der Waals surface area contributed by atoms with Crippen LogP contribution in [-0.2, 0) is 4.79 Å². The van der Waals surface area contributed by atoms with Crippen LogP contribution in [0.2, 0.25) is 0 Å². The summed E-state index contributed by atoms with van der Waals surface area (Å²) >= 11 is 0. The lowest BCUT2D eigenvalue weighted by Crippen LogP contribution is -2.15. The van der Waals surface area contributed by atoms with E-state index < -0.39 is 0 Å². The molecule has 2 aromatic rings. The minimum atomic E-state index is 0.0202. The Kier molecular flexibility index (Phi) is 3.45. The van der Waals surface area contributed by atoms with E-state index in [1.165, 1.54) is 0 Å². The molecule has 1 aromatic carbocycles. The number of anilines is 3. The van der Waals surface area contributed by atoms with Gasteiger partial charge in [-0.3, -0.25) is 4.79 Å². The van der Waals surface area contributed by atoms with Crippen LogP contribution in [0.25, 0.3) is 0 Å². The third-order valence-corrected chi connectivity index (χ3v) is 3.68. The Morgan fingerprint density at radius 3 is 2.48 bits per heavy atom. The minimum Gasteiger partial charge on any atom is -0.486 e. The van der Waals surface area contributed by atoms with Gasteiger partial charge in [-0.25, -0.2) is 0 Å². The molecule has 7 heteroatoms. The molecule has 118 valence electrons. The fourth-order valence-corrected chi connectivity index (χ4v) is 2.31. The average molecular weight is 312 g/mol. The van der Waals surface area contributed by atoms with Crippen molar-refractivity contribution < 1.29 is 14.3 Å². The van der Waals surface area contributed by atoms with Gasteiger partial charge in [0.2, 0.25) is 5.91 Å². The van der Waals surface area contributed by atoms with Crippen molar-refractivity contribution in [3.8, 4) is 11.5 Å². The molecule has 2 N–H and O–H groups in total. The van der Waals surface area contributed by atoms with Crippen LogP contribution in [0.4, 0.5) is 17.3 Å². The van der Waals surface area contributed by atoms with Crippen molar-refractivity contribution in [3.63, 3.8) is 0 Å². The molecule has 1 saturated carbocycles. The van der Waals surface area contributed by atoms with Crippen molar-refractivity contribution >= 4 is 23.2 Å². The number of fused-ring (bicyclic) bond motifs is 1. The minimum absolute atomic E-state index is 0.0202. The summed E-state index contributed by atoms with van der Waals surface area (Å²) in [6, 6.07) is 9.10. The maximum Gasteiger partial charge on any atom is 0.228 e. The van der Waals surface area contributed by atoms with Crippen LogP contribution in [0.1, 0.15) is 12.8 Å². The Labute approximate surface area is 133 Å². The fraction of sp³-hybridized carbons (Fsp3) is 0.312. The molecule has 2 heterocycles. The molecule has 23 heavy (non-hydrogen) atoms. The van der Waals surface area contributed by atoms with E-state index >= 15 is 0 Å². The number of aromatic nitrogens is 2. The molecule has 7 nitrogen and oxygen atoms in total. The molecule has 1 aliphatic heterocycles. The van der Waals surface area contributed by atoms with E-state index in [4.69, 9.17) is 9.47 Å². The molecule has 0 spiro atoms. The van der Waals surface area contributed by atoms with Gasteiger partial charge < -0.3 is 20.1 Å². The number of carbonyl (C=O) groups is 1. The Morgan fingerprint density at radius 1 is 1.00 bits per heavy atom. The molecule has 0 atom stereocenters. The van der Waals surface area contributed by atoms with E-state index in [1.54, 1.807) is 12.1 Å².